The van der Waals surface area contributed by atoms with Crippen molar-refractivity contribution < 1.29 is 4.74 Å². The summed E-state index contributed by atoms with van der Waals surface area (Å²) in [6, 6.07) is 18.3. The van der Waals surface area contributed by atoms with Crippen LogP contribution < -0.4 is 4.74 Å². The van der Waals surface area contributed by atoms with E-state index in [1.165, 1.54) is 5.56 Å². The number of hydrogen-bond donors (Lipinski definition) is 0. The molecule has 16 heavy (non-hydrogen) atoms. The Morgan fingerprint density at radius 3 is 2.31 bits per heavy atom. The molecule has 2 rings (SSSR count). The monoisotopic (exact) mass is 210 g/mol. The molecule has 0 aliphatic heterocycles. The summed E-state index contributed by atoms with van der Waals surface area (Å²) in [5, 5.41) is 0. The van der Waals surface area contributed by atoms with Crippen molar-refractivity contribution in [1.82, 2.24) is 0 Å². The van der Waals surface area contributed by atoms with Crippen molar-refractivity contribution in [3.63, 3.8) is 0 Å². The summed E-state index contributed by atoms with van der Waals surface area (Å²) in [6.45, 7) is 1.94. The van der Waals surface area contributed by atoms with Crippen molar-refractivity contribution in [3.05, 3.63) is 66.9 Å². The van der Waals surface area contributed by atoms with Crippen LogP contribution in [-0.2, 0) is 0 Å². The summed E-state index contributed by atoms with van der Waals surface area (Å²) >= 11 is 0. The summed E-state index contributed by atoms with van der Waals surface area (Å²) in [4.78, 5) is 0. The van der Waals surface area contributed by atoms with Gasteiger partial charge in [-0.05, 0) is 18.6 Å². The van der Waals surface area contributed by atoms with E-state index >= 15 is 0 Å². The molecule has 0 saturated carbocycles. The van der Waals surface area contributed by atoms with Crippen LogP contribution in [0.4, 0.5) is 0 Å². The van der Waals surface area contributed by atoms with Crippen molar-refractivity contribution in [2.45, 2.75) is 6.92 Å². The zero-order valence-electron chi connectivity index (χ0n) is 9.26. The zero-order chi connectivity index (χ0) is 11.2. The number of hydrogen-bond acceptors (Lipinski definition) is 1. The lowest BCUT2D eigenvalue weighted by Crippen LogP contribution is -1.86. The van der Waals surface area contributed by atoms with Crippen molar-refractivity contribution in [2.75, 3.05) is 0 Å². The predicted molar refractivity (Wildman–Crippen MR) is 67.3 cm³/mol. The number of ether oxygens (including phenoxy) is 1. The quantitative estimate of drug-likeness (QED) is 0.687. The Bertz CT molecular complexity index is 472. The van der Waals surface area contributed by atoms with Crippen molar-refractivity contribution in [2.24, 2.45) is 0 Å². The van der Waals surface area contributed by atoms with Gasteiger partial charge in [0, 0.05) is 5.56 Å². The molecule has 80 valence electrons. The maximum atomic E-state index is 5.56. The third-order valence-corrected chi connectivity index (χ3v) is 2.30. The average Bonchev–Trinajstić information content (AvgIpc) is 2.38. The third-order valence-electron chi connectivity index (χ3n) is 2.30. The summed E-state index contributed by atoms with van der Waals surface area (Å²) in [5.74, 6) is 0.881. The summed E-state index contributed by atoms with van der Waals surface area (Å²) in [7, 11) is 0. The van der Waals surface area contributed by atoms with Crippen LogP contribution in [0.5, 0.6) is 5.75 Å². The molecular formula is C15H14O. The molecule has 0 radical (unpaired) electrons. The number of rotatable bonds is 3. The Kier molecular flexibility index (Phi) is 3.39. The Hall–Kier alpha value is -2.02. The first-order chi connectivity index (χ1) is 7.92. The highest BCUT2D eigenvalue weighted by molar-refractivity contribution is 5.70. The van der Waals surface area contributed by atoms with Gasteiger partial charge in [-0.3, -0.25) is 0 Å². The van der Waals surface area contributed by atoms with Gasteiger partial charge >= 0.3 is 0 Å². The fourth-order valence-electron chi connectivity index (χ4n) is 1.57. The third kappa shape index (κ3) is 2.31. The first-order valence-corrected chi connectivity index (χ1v) is 5.34. The molecule has 0 spiro atoms. The van der Waals surface area contributed by atoms with Gasteiger partial charge in [0.25, 0.3) is 0 Å². The van der Waals surface area contributed by atoms with E-state index in [1.807, 2.05) is 49.4 Å². The largest absolute Gasteiger partial charge is 0.465 e. The first kappa shape index (κ1) is 10.5. The second kappa shape index (κ2) is 5.17. The van der Waals surface area contributed by atoms with Gasteiger partial charge in [0.15, 0.2) is 0 Å². The highest BCUT2D eigenvalue weighted by Gasteiger charge is 2.03. The predicted octanol–water partition coefficient (Wildman–Crippen LogP) is 4.27. The van der Waals surface area contributed by atoms with Crippen LogP contribution in [0.1, 0.15) is 6.92 Å². The molecular weight excluding hydrogens is 196 g/mol. The maximum Gasteiger partial charge on any atom is 0.134 e. The molecule has 0 bridgehead atoms. The Morgan fingerprint density at radius 2 is 1.56 bits per heavy atom. The van der Waals surface area contributed by atoms with Gasteiger partial charge in [-0.2, -0.15) is 0 Å². The fraction of sp³-hybridized carbons (Fsp3) is 0.0667. The molecule has 1 heteroatoms. The van der Waals surface area contributed by atoms with Crippen LogP contribution in [-0.4, -0.2) is 0 Å². The summed E-state index contributed by atoms with van der Waals surface area (Å²) < 4.78 is 5.56. The number of allylic oxidation sites excluding steroid dienone is 1. The van der Waals surface area contributed by atoms with Gasteiger partial charge in [-0.25, -0.2) is 0 Å². The lowest BCUT2D eigenvalue weighted by Gasteiger charge is -2.07. The van der Waals surface area contributed by atoms with Gasteiger partial charge in [-0.15, -0.1) is 0 Å². The SMILES string of the molecule is C/C=C\Oc1ccccc1-c1ccccc1. The lowest BCUT2D eigenvalue weighted by atomic mass is 10.1. The minimum Gasteiger partial charge on any atom is -0.465 e. The van der Waals surface area contributed by atoms with Crippen molar-refractivity contribution >= 4 is 0 Å². The van der Waals surface area contributed by atoms with E-state index in [9.17, 15) is 0 Å². The molecule has 0 fully saturated rings. The fourth-order valence-corrected chi connectivity index (χ4v) is 1.57. The molecule has 0 amide bonds. The van der Waals surface area contributed by atoms with Gasteiger partial charge < -0.3 is 4.74 Å². The molecule has 0 aliphatic carbocycles. The molecule has 0 N–H and O–H groups in total. The summed E-state index contributed by atoms with van der Waals surface area (Å²) in [5.41, 5.74) is 2.28. The second-order valence-corrected chi connectivity index (χ2v) is 3.45. The molecule has 0 heterocycles. The van der Waals surface area contributed by atoms with Crippen LogP contribution in [0.15, 0.2) is 66.9 Å². The summed E-state index contributed by atoms with van der Waals surface area (Å²) in [6.07, 6.45) is 3.57. The van der Waals surface area contributed by atoms with E-state index in [4.69, 9.17) is 4.74 Å². The van der Waals surface area contributed by atoms with E-state index in [0.29, 0.717) is 0 Å². The minimum absolute atomic E-state index is 0.881. The standard InChI is InChI=1S/C15H14O/c1-2-12-16-15-11-7-6-10-14(15)13-8-4-3-5-9-13/h2-12H,1H3/b12-2-. The number of para-hydroxylation sites is 1. The van der Waals surface area contributed by atoms with Gasteiger partial charge in [0.1, 0.15) is 5.75 Å². The molecule has 0 aliphatic rings. The minimum atomic E-state index is 0.881. The molecule has 1 nitrogen and oxygen atoms in total. The Labute approximate surface area is 96.0 Å². The average molecular weight is 210 g/mol. The second-order valence-electron chi connectivity index (χ2n) is 3.45. The van der Waals surface area contributed by atoms with E-state index in [-0.39, 0.29) is 0 Å². The van der Waals surface area contributed by atoms with Crippen LogP contribution in [0, 0.1) is 0 Å². The van der Waals surface area contributed by atoms with Crippen LogP contribution in [0.3, 0.4) is 0 Å². The zero-order valence-corrected chi connectivity index (χ0v) is 9.26. The molecule has 0 unspecified atom stereocenters. The van der Waals surface area contributed by atoms with Crippen LogP contribution in [0.25, 0.3) is 11.1 Å². The van der Waals surface area contributed by atoms with E-state index in [1.54, 1.807) is 6.26 Å². The van der Waals surface area contributed by atoms with Gasteiger partial charge in [0.2, 0.25) is 0 Å². The van der Waals surface area contributed by atoms with Crippen molar-refractivity contribution in [1.29, 1.82) is 0 Å². The Morgan fingerprint density at radius 1 is 0.875 bits per heavy atom. The molecule has 0 atom stereocenters. The van der Waals surface area contributed by atoms with Crippen molar-refractivity contribution in [3.8, 4) is 16.9 Å². The normalized spacial score (nSPS) is 10.6. The van der Waals surface area contributed by atoms with Crippen LogP contribution in [0.2, 0.25) is 0 Å². The smallest absolute Gasteiger partial charge is 0.134 e. The molecule has 2 aromatic rings. The highest BCUT2D eigenvalue weighted by Crippen LogP contribution is 2.29. The molecule has 2 aromatic carbocycles. The van der Waals surface area contributed by atoms with Crippen LogP contribution >= 0.6 is 0 Å². The first-order valence-electron chi connectivity index (χ1n) is 5.34. The highest BCUT2D eigenvalue weighted by atomic mass is 16.5. The Balaban J connectivity index is 2.40. The molecule has 0 saturated heterocycles. The van der Waals surface area contributed by atoms with Gasteiger partial charge in [0.05, 0.1) is 6.26 Å². The topological polar surface area (TPSA) is 9.23 Å². The van der Waals surface area contributed by atoms with Gasteiger partial charge in [-0.1, -0.05) is 54.6 Å². The van der Waals surface area contributed by atoms with E-state index in [2.05, 4.69) is 18.2 Å². The van der Waals surface area contributed by atoms with E-state index < -0.39 is 0 Å². The maximum absolute atomic E-state index is 5.56. The van der Waals surface area contributed by atoms with E-state index in [0.717, 1.165) is 11.3 Å². The number of benzene rings is 2. The lowest BCUT2D eigenvalue weighted by molar-refractivity contribution is 0.482. The molecule has 0 aromatic heterocycles.